The Morgan fingerprint density at radius 1 is 1.05 bits per heavy atom. The lowest BCUT2D eigenvalue weighted by molar-refractivity contribution is 0.747. The van der Waals surface area contributed by atoms with Gasteiger partial charge in [-0.15, -0.1) is 11.3 Å². The second kappa shape index (κ2) is 11.9. The Morgan fingerprint density at radius 3 is 2.67 bits per heavy atom. The van der Waals surface area contributed by atoms with Gasteiger partial charge in [-0.05, 0) is 66.5 Å². The molecule has 7 heteroatoms. The molecule has 0 fully saturated rings. The van der Waals surface area contributed by atoms with E-state index in [-0.39, 0.29) is 0 Å². The summed E-state index contributed by atoms with van der Waals surface area (Å²) in [6, 6.07) is 20.9. The van der Waals surface area contributed by atoms with Crippen molar-refractivity contribution in [3.63, 3.8) is 0 Å². The lowest BCUT2D eigenvalue weighted by atomic mass is 10.0. The molecule has 42 heavy (non-hydrogen) atoms. The highest BCUT2D eigenvalue weighted by atomic mass is 32.1. The van der Waals surface area contributed by atoms with E-state index in [1.807, 2.05) is 44.4 Å². The molecule has 0 aliphatic rings. The second-order valence-electron chi connectivity index (χ2n) is 10.2. The molecule has 0 atom stereocenters. The lowest BCUT2D eigenvalue weighted by Gasteiger charge is -2.08. The fourth-order valence-corrected chi connectivity index (χ4v) is 5.95. The third-order valence-corrected chi connectivity index (χ3v) is 8.49. The van der Waals surface area contributed by atoms with Gasteiger partial charge >= 0.3 is 0 Å². The van der Waals surface area contributed by atoms with Crippen LogP contribution < -0.4 is 5.32 Å². The summed E-state index contributed by atoms with van der Waals surface area (Å²) in [6.07, 6.45) is 9.89. The van der Waals surface area contributed by atoms with Crippen LogP contribution in [-0.4, -0.2) is 31.7 Å². The summed E-state index contributed by atoms with van der Waals surface area (Å²) in [5, 5.41) is 13.2. The van der Waals surface area contributed by atoms with Gasteiger partial charge in [0, 0.05) is 52.2 Å². The molecule has 0 aliphatic carbocycles. The zero-order chi connectivity index (χ0) is 29.1. The van der Waals surface area contributed by atoms with Crippen LogP contribution in [0.25, 0.3) is 55.0 Å². The molecule has 6 rings (SSSR count). The van der Waals surface area contributed by atoms with E-state index >= 15 is 0 Å². The number of allylic oxidation sites excluding steroid dienone is 4. The molecule has 3 N–H and O–H groups in total. The van der Waals surface area contributed by atoms with E-state index in [0.717, 1.165) is 72.0 Å². The third-order valence-electron chi connectivity index (χ3n) is 7.24. The first-order valence-corrected chi connectivity index (χ1v) is 14.7. The summed E-state index contributed by atoms with van der Waals surface area (Å²) in [5.41, 5.74) is 9.96. The second-order valence-corrected chi connectivity index (χ2v) is 11.3. The minimum atomic E-state index is 0.669. The van der Waals surface area contributed by atoms with E-state index in [0.29, 0.717) is 12.2 Å². The number of aromatic nitrogens is 5. The van der Waals surface area contributed by atoms with Crippen LogP contribution in [-0.2, 0) is 6.54 Å². The average Bonchev–Trinajstić information content (AvgIpc) is 3.77. The van der Waals surface area contributed by atoms with Gasteiger partial charge in [0.15, 0.2) is 5.65 Å². The number of pyridine rings is 2. The Labute approximate surface area is 249 Å². The summed E-state index contributed by atoms with van der Waals surface area (Å²) in [4.78, 5) is 15.3. The van der Waals surface area contributed by atoms with Crippen molar-refractivity contribution in [3.8, 4) is 22.0 Å². The van der Waals surface area contributed by atoms with Crippen molar-refractivity contribution < 1.29 is 0 Å². The van der Waals surface area contributed by atoms with Crippen LogP contribution in [0.4, 0.5) is 0 Å². The fourth-order valence-electron chi connectivity index (χ4n) is 5.00. The van der Waals surface area contributed by atoms with Crippen LogP contribution in [0.1, 0.15) is 29.9 Å². The number of hydrogen-bond donors (Lipinski definition) is 3. The van der Waals surface area contributed by atoms with Crippen molar-refractivity contribution in [2.45, 2.75) is 20.4 Å². The lowest BCUT2D eigenvalue weighted by Crippen LogP contribution is -2.15. The van der Waals surface area contributed by atoms with Gasteiger partial charge in [-0.1, -0.05) is 61.7 Å². The largest absolute Gasteiger partial charge is 0.353 e. The number of nitrogens with one attached hydrogen (secondary N) is 3. The van der Waals surface area contributed by atoms with Gasteiger partial charge in [-0.3, -0.25) is 10.1 Å². The Morgan fingerprint density at radius 2 is 1.90 bits per heavy atom. The average molecular weight is 569 g/mol. The van der Waals surface area contributed by atoms with Crippen molar-refractivity contribution in [1.29, 1.82) is 0 Å². The van der Waals surface area contributed by atoms with Crippen molar-refractivity contribution in [2.75, 3.05) is 6.54 Å². The first-order chi connectivity index (χ1) is 20.5. The number of fused-ring (bicyclic) bond motifs is 2. The zero-order valence-corrected chi connectivity index (χ0v) is 24.6. The Kier molecular flexibility index (Phi) is 7.77. The highest BCUT2D eigenvalue weighted by Gasteiger charge is 2.16. The number of aromatic amines is 2. The number of hydrogen-bond acceptors (Lipinski definition) is 5. The molecule has 0 bridgehead atoms. The van der Waals surface area contributed by atoms with E-state index in [1.54, 1.807) is 11.3 Å². The van der Waals surface area contributed by atoms with E-state index in [1.165, 1.54) is 5.56 Å². The van der Waals surface area contributed by atoms with Gasteiger partial charge in [0.1, 0.15) is 0 Å². The van der Waals surface area contributed by atoms with Gasteiger partial charge in [-0.25, -0.2) is 4.98 Å². The molecule has 0 radical (unpaired) electrons. The standard InChI is InChI=1S/C35H32N6S/c1-5-23(19-36-20-24-10-8-7-9-11-24)16-25(6-2)26-17-28-33(40-41-35(28)38-21-26)30-18-27-29(39-30)14-15-37-34(27)32-13-12-31(42-32)22(3)4/h5-18,21,36,39H,1,3,19-20H2,2,4H3,(H,38,40,41)/b23-16+,25-6+. The van der Waals surface area contributed by atoms with Crippen LogP contribution in [0, 0.1) is 0 Å². The highest BCUT2D eigenvalue weighted by Crippen LogP contribution is 2.37. The molecular weight excluding hydrogens is 536 g/mol. The molecule has 0 aliphatic heterocycles. The van der Waals surface area contributed by atoms with Gasteiger partial charge in [-0.2, -0.15) is 5.10 Å². The van der Waals surface area contributed by atoms with Crippen molar-refractivity contribution >= 4 is 44.4 Å². The van der Waals surface area contributed by atoms with Crippen LogP contribution in [0.3, 0.4) is 0 Å². The SMILES string of the molecule is C=C/C(=C\C(=C/C)c1cnc2n[nH]c(-c3cc4c(-c5ccc(C(=C)C)s5)nccc4[nH]3)c2c1)CNCc1ccccc1. The zero-order valence-electron chi connectivity index (χ0n) is 23.7. The van der Waals surface area contributed by atoms with E-state index < -0.39 is 0 Å². The number of thiophene rings is 1. The molecule has 0 saturated heterocycles. The first-order valence-electron chi connectivity index (χ1n) is 13.9. The van der Waals surface area contributed by atoms with Gasteiger partial charge in [0.2, 0.25) is 0 Å². The van der Waals surface area contributed by atoms with Crippen LogP contribution >= 0.6 is 11.3 Å². The summed E-state index contributed by atoms with van der Waals surface area (Å²) >= 11 is 1.71. The van der Waals surface area contributed by atoms with Crippen LogP contribution in [0.2, 0.25) is 0 Å². The predicted octanol–water partition coefficient (Wildman–Crippen LogP) is 8.57. The van der Waals surface area contributed by atoms with Gasteiger partial charge in [0.25, 0.3) is 0 Å². The Hall–Kier alpha value is -4.85. The molecule has 0 saturated carbocycles. The molecule has 0 spiro atoms. The maximum Gasteiger partial charge on any atom is 0.181 e. The number of benzene rings is 1. The number of rotatable bonds is 10. The van der Waals surface area contributed by atoms with Gasteiger partial charge in [0.05, 0.1) is 22.0 Å². The van der Waals surface area contributed by atoms with E-state index in [4.69, 9.17) is 4.98 Å². The molecule has 6 nitrogen and oxygen atoms in total. The smallest absolute Gasteiger partial charge is 0.181 e. The Bertz CT molecular complexity index is 1970. The predicted molar refractivity (Wildman–Crippen MR) is 177 cm³/mol. The monoisotopic (exact) mass is 568 g/mol. The molecule has 5 aromatic heterocycles. The molecule has 1 aromatic carbocycles. The third kappa shape index (κ3) is 5.52. The summed E-state index contributed by atoms with van der Waals surface area (Å²) in [6.45, 7) is 13.7. The quantitative estimate of drug-likeness (QED) is 0.145. The molecule has 208 valence electrons. The summed E-state index contributed by atoms with van der Waals surface area (Å²) < 4.78 is 0. The van der Waals surface area contributed by atoms with Crippen molar-refractivity contribution in [2.24, 2.45) is 0 Å². The fraction of sp³-hybridized carbons (Fsp3) is 0.114. The summed E-state index contributed by atoms with van der Waals surface area (Å²) in [5.74, 6) is 0. The normalized spacial score (nSPS) is 12.3. The molecule has 6 aromatic rings. The van der Waals surface area contributed by atoms with Crippen molar-refractivity contribution in [1.82, 2.24) is 30.5 Å². The minimum Gasteiger partial charge on any atom is -0.353 e. The van der Waals surface area contributed by atoms with Gasteiger partial charge < -0.3 is 10.3 Å². The Balaban J connectivity index is 1.30. The van der Waals surface area contributed by atoms with E-state index in [2.05, 4.69) is 99.3 Å². The minimum absolute atomic E-state index is 0.669. The first kappa shape index (κ1) is 27.3. The number of H-pyrrole nitrogens is 2. The molecule has 5 heterocycles. The topological polar surface area (TPSA) is 82.3 Å². The molecule has 0 unspecified atom stereocenters. The van der Waals surface area contributed by atoms with Crippen LogP contribution in [0.5, 0.6) is 0 Å². The maximum atomic E-state index is 4.72. The van der Waals surface area contributed by atoms with Crippen LogP contribution in [0.15, 0.2) is 110 Å². The summed E-state index contributed by atoms with van der Waals surface area (Å²) in [7, 11) is 0. The molecular formula is C35H32N6S. The number of nitrogens with zero attached hydrogens (tertiary/aromatic N) is 3. The molecule has 0 amide bonds. The maximum absolute atomic E-state index is 4.72. The highest BCUT2D eigenvalue weighted by molar-refractivity contribution is 7.16. The van der Waals surface area contributed by atoms with E-state index in [9.17, 15) is 0 Å². The van der Waals surface area contributed by atoms with Crippen molar-refractivity contribution in [3.05, 3.63) is 126 Å².